The monoisotopic (exact) mass is 377 g/mol. The topological polar surface area (TPSA) is 92.9 Å². The lowest BCUT2D eigenvalue weighted by Gasteiger charge is -2.13. The van der Waals surface area contributed by atoms with Gasteiger partial charge in [-0.15, -0.1) is 0 Å². The van der Waals surface area contributed by atoms with Gasteiger partial charge in [0.2, 0.25) is 5.95 Å². The van der Waals surface area contributed by atoms with Gasteiger partial charge >= 0.3 is 6.18 Å². The molecule has 3 aromatic rings. The summed E-state index contributed by atoms with van der Waals surface area (Å²) in [4.78, 5) is 20.6. The number of nitrogens with one attached hydrogen (secondary N) is 2. The fourth-order valence-electron chi connectivity index (χ4n) is 2.31. The number of carbonyl (C=O) groups excluding carboxylic acids is 1. The fourth-order valence-corrected chi connectivity index (χ4v) is 2.31. The zero-order chi connectivity index (χ0) is 19.6. The maximum Gasteiger partial charge on any atom is 0.418 e. The molecule has 0 atom stereocenters. The van der Waals surface area contributed by atoms with Crippen molar-refractivity contribution in [2.45, 2.75) is 20.0 Å². The summed E-state index contributed by atoms with van der Waals surface area (Å²) in [5.41, 5.74) is -0.947. The lowest BCUT2D eigenvalue weighted by molar-refractivity contribution is -0.136. The Morgan fingerprint density at radius 1 is 1.11 bits per heavy atom. The van der Waals surface area contributed by atoms with Crippen LogP contribution in [0.1, 0.15) is 27.5 Å². The Hall–Kier alpha value is -3.43. The SMILES string of the molecule is Cc1cc(C(=O)Nc2ccccc2C(F)(F)F)nc(Nc2cc(C)on2)n1. The molecule has 2 aromatic heterocycles. The van der Waals surface area contributed by atoms with Crippen molar-refractivity contribution in [2.24, 2.45) is 0 Å². The van der Waals surface area contributed by atoms with Gasteiger partial charge in [-0.05, 0) is 32.0 Å². The number of aryl methyl sites for hydroxylation is 2. The van der Waals surface area contributed by atoms with Crippen LogP contribution < -0.4 is 10.6 Å². The highest BCUT2D eigenvalue weighted by atomic mass is 19.4. The molecule has 0 spiro atoms. The molecule has 10 heteroatoms. The molecular formula is C17H14F3N5O2. The summed E-state index contributed by atoms with van der Waals surface area (Å²) in [7, 11) is 0. The third kappa shape index (κ3) is 4.40. The highest BCUT2D eigenvalue weighted by molar-refractivity contribution is 6.03. The van der Waals surface area contributed by atoms with Crippen LogP contribution in [0.4, 0.5) is 30.6 Å². The molecule has 0 aliphatic heterocycles. The van der Waals surface area contributed by atoms with Crippen LogP contribution in [0.2, 0.25) is 0 Å². The average molecular weight is 377 g/mol. The summed E-state index contributed by atoms with van der Waals surface area (Å²) in [5, 5.41) is 8.75. The Morgan fingerprint density at radius 3 is 2.52 bits per heavy atom. The van der Waals surface area contributed by atoms with Crippen LogP contribution >= 0.6 is 0 Å². The highest BCUT2D eigenvalue weighted by Gasteiger charge is 2.33. The van der Waals surface area contributed by atoms with E-state index in [0.29, 0.717) is 17.3 Å². The molecule has 27 heavy (non-hydrogen) atoms. The van der Waals surface area contributed by atoms with E-state index in [1.807, 2.05) is 0 Å². The van der Waals surface area contributed by atoms with E-state index in [-0.39, 0.29) is 17.3 Å². The zero-order valence-corrected chi connectivity index (χ0v) is 14.3. The van der Waals surface area contributed by atoms with Gasteiger partial charge in [-0.1, -0.05) is 17.3 Å². The van der Waals surface area contributed by atoms with Gasteiger partial charge in [-0.2, -0.15) is 13.2 Å². The molecule has 1 aromatic carbocycles. The number of hydrogen-bond acceptors (Lipinski definition) is 6. The molecule has 0 fully saturated rings. The first-order chi connectivity index (χ1) is 12.7. The number of para-hydroxylation sites is 1. The summed E-state index contributed by atoms with van der Waals surface area (Å²) in [6, 6.07) is 7.67. The second kappa shape index (κ2) is 7.06. The lowest BCUT2D eigenvalue weighted by Crippen LogP contribution is -2.18. The van der Waals surface area contributed by atoms with Gasteiger partial charge in [-0.3, -0.25) is 4.79 Å². The van der Waals surface area contributed by atoms with E-state index in [2.05, 4.69) is 25.8 Å². The predicted molar refractivity (Wildman–Crippen MR) is 90.7 cm³/mol. The van der Waals surface area contributed by atoms with E-state index in [4.69, 9.17) is 4.52 Å². The standard InChI is InChI=1S/C17H14F3N5O2/c1-9-7-13(23-16(21-9)24-14-8-10(2)27-25-14)15(26)22-12-6-4-3-5-11(12)17(18,19)20/h3-8H,1-2H3,(H,22,26)(H,21,23,24,25). The maximum atomic E-state index is 13.1. The Bertz CT molecular complexity index is 985. The summed E-state index contributed by atoms with van der Waals surface area (Å²) in [6.07, 6.45) is -4.59. The van der Waals surface area contributed by atoms with Gasteiger partial charge in [0.05, 0.1) is 11.3 Å². The summed E-state index contributed by atoms with van der Waals surface area (Å²) < 4.78 is 44.1. The summed E-state index contributed by atoms with van der Waals surface area (Å²) in [5.74, 6) is 0.174. The number of hydrogen-bond donors (Lipinski definition) is 2. The predicted octanol–water partition coefficient (Wildman–Crippen LogP) is 4.10. The van der Waals surface area contributed by atoms with Crippen LogP contribution in [0, 0.1) is 13.8 Å². The smallest absolute Gasteiger partial charge is 0.360 e. The molecule has 3 rings (SSSR count). The van der Waals surface area contributed by atoms with Crippen LogP contribution in [0.3, 0.4) is 0 Å². The molecule has 140 valence electrons. The molecule has 7 nitrogen and oxygen atoms in total. The minimum absolute atomic E-state index is 0.0672. The summed E-state index contributed by atoms with van der Waals surface area (Å²) >= 11 is 0. The number of benzene rings is 1. The first kappa shape index (κ1) is 18.4. The number of aromatic nitrogens is 3. The first-order valence-electron chi connectivity index (χ1n) is 7.76. The third-order valence-electron chi connectivity index (χ3n) is 3.44. The molecule has 2 N–H and O–H groups in total. The first-order valence-corrected chi connectivity index (χ1v) is 7.76. The number of carbonyl (C=O) groups is 1. The molecule has 0 unspecified atom stereocenters. The van der Waals surface area contributed by atoms with Crippen LogP contribution in [0.25, 0.3) is 0 Å². The number of nitrogens with zero attached hydrogens (tertiary/aromatic N) is 3. The van der Waals surface area contributed by atoms with Crippen LogP contribution in [-0.2, 0) is 6.18 Å². The molecule has 0 saturated heterocycles. The van der Waals surface area contributed by atoms with Crippen molar-refractivity contribution in [3.05, 3.63) is 59.1 Å². The van der Waals surface area contributed by atoms with Crippen LogP contribution in [0.15, 0.2) is 40.9 Å². The minimum atomic E-state index is -4.59. The van der Waals surface area contributed by atoms with Gasteiger partial charge in [0.15, 0.2) is 5.82 Å². The molecule has 0 radical (unpaired) electrons. The minimum Gasteiger partial charge on any atom is -0.360 e. The van der Waals surface area contributed by atoms with Gasteiger partial charge in [0.1, 0.15) is 11.5 Å². The Morgan fingerprint density at radius 2 is 1.85 bits per heavy atom. The van der Waals surface area contributed by atoms with E-state index in [9.17, 15) is 18.0 Å². The number of alkyl halides is 3. The zero-order valence-electron chi connectivity index (χ0n) is 14.3. The molecule has 2 heterocycles. The van der Waals surface area contributed by atoms with E-state index >= 15 is 0 Å². The van der Waals surface area contributed by atoms with Crippen LogP contribution in [0.5, 0.6) is 0 Å². The van der Waals surface area contributed by atoms with E-state index in [0.717, 1.165) is 6.07 Å². The lowest BCUT2D eigenvalue weighted by atomic mass is 10.1. The van der Waals surface area contributed by atoms with E-state index < -0.39 is 17.6 Å². The molecule has 0 aliphatic rings. The molecule has 1 amide bonds. The highest BCUT2D eigenvalue weighted by Crippen LogP contribution is 2.34. The molecular weight excluding hydrogens is 363 g/mol. The quantitative estimate of drug-likeness (QED) is 0.711. The third-order valence-corrected chi connectivity index (χ3v) is 3.44. The number of rotatable bonds is 4. The number of anilines is 3. The Labute approximate surface area is 151 Å². The second-order valence-corrected chi connectivity index (χ2v) is 5.66. The van der Waals surface area contributed by atoms with E-state index in [1.54, 1.807) is 19.9 Å². The largest absolute Gasteiger partial charge is 0.418 e. The van der Waals surface area contributed by atoms with Crippen LogP contribution in [-0.4, -0.2) is 21.0 Å². The molecule has 0 saturated carbocycles. The average Bonchev–Trinajstić information content (AvgIpc) is 2.98. The number of halogens is 3. The van der Waals surface area contributed by atoms with Gasteiger partial charge in [-0.25, -0.2) is 9.97 Å². The van der Waals surface area contributed by atoms with Gasteiger partial charge in [0, 0.05) is 11.8 Å². The van der Waals surface area contributed by atoms with Crippen molar-refractivity contribution in [3.8, 4) is 0 Å². The second-order valence-electron chi connectivity index (χ2n) is 5.66. The fraction of sp³-hybridized carbons (Fsp3) is 0.176. The Balaban J connectivity index is 1.85. The van der Waals surface area contributed by atoms with Gasteiger partial charge < -0.3 is 15.2 Å². The summed E-state index contributed by atoms with van der Waals surface area (Å²) in [6.45, 7) is 3.33. The van der Waals surface area contributed by atoms with Crippen molar-refractivity contribution in [1.82, 2.24) is 15.1 Å². The van der Waals surface area contributed by atoms with Gasteiger partial charge in [0.25, 0.3) is 5.91 Å². The maximum absolute atomic E-state index is 13.1. The van der Waals surface area contributed by atoms with Crippen molar-refractivity contribution in [1.29, 1.82) is 0 Å². The van der Waals surface area contributed by atoms with E-state index in [1.165, 1.54) is 24.3 Å². The molecule has 0 bridgehead atoms. The van der Waals surface area contributed by atoms with Crippen molar-refractivity contribution >= 4 is 23.4 Å². The number of amides is 1. The molecule has 0 aliphatic carbocycles. The van der Waals surface area contributed by atoms with Crippen molar-refractivity contribution < 1.29 is 22.5 Å². The normalized spacial score (nSPS) is 11.3. The van der Waals surface area contributed by atoms with Crippen molar-refractivity contribution in [3.63, 3.8) is 0 Å². The van der Waals surface area contributed by atoms with Crippen molar-refractivity contribution in [2.75, 3.05) is 10.6 Å². The Kier molecular flexibility index (Phi) is 4.80.